The van der Waals surface area contributed by atoms with Crippen LogP contribution in [0.5, 0.6) is 5.75 Å². The standard InChI is InChI=1S/C11H9ClF3NO/c1-7-2-3-10(9(12)4-7)17-6-8(5-16)11(13,14)15/h2-4,8H,6H2,1H3. The van der Waals surface area contributed by atoms with Crippen LogP contribution in [0.25, 0.3) is 0 Å². The molecule has 0 aliphatic rings. The molecule has 1 aromatic rings. The first-order chi connectivity index (χ1) is 7.84. The quantitative estimate of drug-likeness (QED) is 0.832. The molecule has 0 spiro atoms. The van der Waals surface area contributed by atoms with Crippen molar-refractivity contribution in [3.8, 4) is 11.8 Å². The van der Waals surface area contributed by atoms with Gasteiger partial charge in [0.25, 0.3) is 0 Å². The average molecular weight is 264 g/mol. The number of nitrogens with zero attached hydrogens (tertiary/aromatic N) is 1. The van der Waals surface area contributed by atoms with E-state index in [-0.39, 0.29) is 10.8 Å². The lowest BCUT2D eigenvalue weighted by molar-refractivity contribution is -0.165. The Morgan fingerprint density at radius 1 is 1.47 bits per heavy atom. The molecule has 1 atom stereocenters. The molecule has 0 N–H and O–H groups in total. The molecule has 0 aliphatic heterocycles. The third-order valence-corrected chi connectivity index (χ3v) is 2.34. The summed E-state index contributed by atoms with van der Waals surface area (Å²) in [6.45, 7) is 1.03. The second-order valence-electron chi connectivity index (χ2n) is 3.47. The van der Waals surface area contributed by atoms with E-state index in [1.807, 2.05) is 0 Å². The first kappa shape index (κ1) is 13.7. The summed E-state index contributed by atoms with van der Waals surface area (Å²) in [5, 5.41) is 8.60. The first-order valence-corrected chi connectivity index (χ1v) is 5.07. The van der Waals surface area contributed by atoms with Crippen molar-refractivity contribution >= 4 is 11.6 Å². The van der Waals surface area contributed by atoms with Gasteiger partial charge < -0.3 is 4.74 Å². The van der Waals surface area contributed by atoms with Crippen LogP contribution in [-0.2, 0) is 0 Å². The van der Waals surface area contributed by atoms with Crippen LogP contribution < -0.4 is 4.74 Å². The predicted molar refractivity (Wildman–Crippen MR) is 56.8 cm³/mol. The summed E-state index contributed by atoms with van der Waals surface area (Å²) in [4.78, 5) is 0. The van der Waals surface area contributed by atoms with E-state index in [0.29, 0.717) is 0 Å². The van der Waals surface area contributed by atoms with Gasteiger partial charge >= 0.3 is 6.18 Å². The van der Waals surface area contributed by atoms with E-state index in [1.54, 1.807) is 19.1 Å². The molecule has 92 valence electrons. The number of aryl methyl sites for hydroxylation is 1. The number of ether oxygens (including phenoxy) is 1. The van der Waals surface area contributed by atoms with Crippen LogP contribution in [0.1, 0.15) is 5.56 Å². The van der Waals surface area contributed by atoms with Crippen LogP contribution in [-0.4, -0.2) is 12.8 Å². The molecule has 2 nitrogen and oxygen atoms in total. The SMILES string of the molecule is Cc1ccc(OCC(C#N)C(F)(F)F)c(Cl)c1. The van der Waals surface area contributed by atoms with Crippen molar-refractivity contribution in [2.75, 3.05) is 6.61 Å². The Kier molecular flexibility index (Phi) is 4.24. The van der Waals surface area contributed by atoms with Crippen molar-refractivity contribution in [2.45, 2.75) is 13.1 Å². The molecule has 0 saturated carbocycles. The summed E-state index contributed by atoms with van der Waals surface area (Å²) >= 11 is 5.78. The van der Waals surface area contributed by atoms with E-state index in [2.05, 4.69) is 0 Å². The van der Waals surface area contributed by atoms with Gasteiger partial charge in [0.2, 0.25) is 0 Å². The lowest BCUT2D eigenvalue weighted by Gasteiger charge is -2.14. The first-order valence-electron chi connectivity index (χ1n) is 4.70. The maximum Gasteiger partial charge on any atom is 0.407 e. The van der Waals surface area contributed by atoms with Gasteiger partial charge in [-0.1, -0.05) is 17.7 Å². The molecular weight excluding hydrogens is 255 g/mol. The van der Waals surface area contributed by atoms with Gasteiger partial charge in [0, 0.05) is 0 Å². The lowest BCUT2D eigenvalue weighted by atomic mass is 10.2. The Labute approximate surface area is 102 Å². The predicted octanol–water partition coefficient (Wildman–Crippen LogP) is 3.73. The van der Waals surface area contributed by atoms with Crippen molar-refractivity contribution in [3.63, 3.8) is 0 Å². The molecule has 0 aliphatic carbocycles. The summed E-state index contributed by atoms with van der Waals surface area (Å²) in [5.41, 5.74) is 0.870. The highest BCUT2D eigenvalue weighted by Gasteiger charge is 2.40. The van der Waals surface area contributed by atoms with Crippen molar-refractivity contribution in [3.05, 3.63) is 28.8 Å². The van der Waals surface area contributed by atoms with Gasteiger partial charge in [-0.25, -0.2) is 0 Å². The van der Waals surface area contributed by atoms with E-state index < -0.39 is 18.7 Å². The number of halogens is 4. The minimum absolute atomic E-state index is 0.141. The Balaban J connectivity index is 2.71. The zero-order valence-electron chi connectivity index (χ0n) is 8.88. The normalized spacial score (nSPS) is 12.9. The van der Waals surface area contributed by atoms with E-state index >= 15 is 0 Å². The lowest BCUT2D eigenvalue weighted by Crippen LogP contribution is -2.27. The summed E-state index contributed by atoms with van der Waals surface area (Å²) in [7, 11) is 0. The molecule has 0 saturated heterocycles. The van der Waals surface area contributed by atoms with E-state index in [4.69, 9.17) is 21.6 Å². The van der Waals surface area contributed by atoms with Gasteiger partial charge in [0.05, 0.1) is 11.1 Å². The summed E-state index contributed by atoms with van der Waals surface area (Å²) < 4.78 is 41.7. The number of hydrogen-bond donors (Lipinski definition) is 0. The molecule has 0 bridgehead atoms. The fourth-order valence-corrected chi connectivity index (χ4v) is 1.39. The number of benzene rings is 1. The molecule has 1 aromatic carbocycles. The van der Waals surface area contributed by atoms with Gasteiger partial charge in [-0.2, -0.15) is 18.4 Å². The van der Waals surface area contributed by atoms with Crippen LogP contribution in [0.3, 0.4) is 0 Å². The highest BCUT2D eigenvalue weighted by molar-refractivity contribution is 6.32. The van der Waals surface area contributed by atoms with Gasteiger partial charge in [0.1, 0.15) is 12.4 Å². The van der Waals surface area contributed by atoms with Crippen molar-refractivity contribution in [2.24, 2.45) is 5.92 Å². The van der Waals surface area contributed by atoms with Crippen LogP contribution in [0.15, 0.2) is 18.2 Å². The van der Waals surface area contributed by atoms with Gasteiger partial charge in [-0.15, -0.1) is 0 Å². The largest absolute Gasteiger partial charge is 0.490 e. The smallest absolute Gasteiger partial charge is 0.407 e. The van der Waals surface area contributed by atoms with Crippen LogP contribution in [0.4, 0.5) is 13.2 Å². The highest BCUT2D eigenvalue weighted by Crippen LogP contribution is 2.29. The third-order valence-electron chi connectivity index (χ3n) is 2.04. The minimum Gasteiger partial charge on any atom is -0.490 e. The molecule has 0 radical (unpaired) electrons. The summed E-state index contributed by atoms with van der Waals surface area (Å²) in [6, 6.07) is 5.86. The van der Waals surface area contributed by atoms with Crippen molar-refractivity contribution < 1.29 is 17.9 Å². The molecule has 6 heteroatoms. The van der Waals surface area contributed by atoms with Crippen molar-refractivity contribution in [1.29, 1.82) is 5.26 Å². The van der Waals surface area contributed by atoms with Crippen LogP contribution >= 0.6 is 11.6 Å². The topological polar surface area (TPSA) is 33.0 Å². The zero-order valence-corrected chi connectivity index (χ0v) is 9.64. The maximum atomic E-state index is 12.3. The Bertz CT molecular complexity index is 439. The summed E-state index contributed by atoms with van der Waals surface area (Å²) in [5.74, 6) is -2.01. The Morgan fingerprint density at radius 2 is 2.12 bits per heavy atom. The second-order valence-corrected chi connectivity index (χ2v) is 3.88. The number of alkyl halides is 3. The number of hydrogen-bond acceptors (Lipinski definition) is 2. The molecule has 1 rings (SSSR count). The van der Waals surface area contributed by atoms with Crippen LogP contribution in [0.2, 0.25) is 5.02 Å². The van der Waals surface area contributed by atoms with Crippen LogP contribution in [0, 0.1) is 24.2 Å². The Morgan fingerprint density at radius 3 is 2.59 bits per heavy atom. The molecule has 1 unspecified atom stereocenters. The average Bonchev–Trinajstić information content (AvgIpc) is 2.19. The third kappa shape index (κ3) is 3.82. The highest BCUT2D eigenvalue weighted by atomic mass is 35.5. The van der Waals surface area contributed by atoms with E-state index in [0.717, 1.165) is 11.6 Å². The zero-order chi connectivity index (χ0) is 13.1. The molecule has 0 fully saturated rings. The monoisotopic (exact) mass is 263 g/mol. The Hall–Kier alpha value is -1.41. The van der Waals surface area contributed by atoms with Gasteiger partial charge in [-0.05, 0) is 24.6 Å². The van der Waals surface area contributed by atoms with Gasteiger partial charge in [-0.3, -0.25) is 0 Å². The fraction of sp³-hybridized carbons (Fsp3) is 0.364. The van der Waals surface area contributed by atoms with E-state index in [1.165, 1.54) is 6.07 Å². The minimum atomic E-state index is -4.59. The molecule has 0 amide bonds. The number of nitriles is 1. The maximum absolute atomic E-state index is 12.3. The number of rotatable bonds is 3. The molecule has 17 heavy (non-hydrogen) atoms. The van der Waals surface area contributed by atoms with Gasteiger partial charge in [0.15, 0.2) is 5.92 Å². The molecular formula is C11H9ClF3NO. The van der Waals surface area contributed by atoms with Crippen molar-refractivity contribution in [1.82, 2.24) is 0 Å². The van der Waals surface area contributed by atoms with E-state index in [9.17, 15) is 13.2 Å². The second kappa shape index (κ2) is 5.28. The molecule has 0 heterocycles. The fourth-order valence-electron chi connectivity index (χ4n) is 1.10. The molecule has 0 aromatic heterocycles. The summed E-state index contributed by atoms with van der Waals surface area (Å²) in [6.07, 6.45) is -4.59.